The number of aromatic nitrogens is 4. The monoisotopic (exact) mass is 452 g/mol. The Bertz CT molecular complexity index is 1120. The van der Waals surface area contributed by atoms with E-state index < -0.39 is 0 Å². The molecule has 0 amide bonds. The van der Waals surface area contributed by atoms with E-state index in [1.807, 2.05) is 48.6 Å². The van der Waals surface area contributed by atoms with Crippen molar-refractivity contribution >= 4 is 46.4 Å². The summed E-state index contributed by atoms with van der Waals surface area (Å²) in [5.41, 5.74) is 7.86. The van der Waals surface area contributed by atoms with Crippen LogP contribution in [0.3, 0.4) is 0 Å². The van der Waals surface area contributed by atoms with E-state index in [1.165, 1.54) is 51.9 Å². The average molecular weight is 453 g/mol. The highest BCUT2D eigenvalue weighted by Crippen LogP contribution is 2.16. The molecule has 0 aliphatic carbocycles. The van der Waals surface area contributed by atoms with E-state index in [0.29, 0.717) is 0 Å². The zero-order chi connectivity index (χ0) is 23.0. The van der Waals surface area contributed by atoms with Gasteiger partial charge in [0.05, 0.1) is 22.8 Å². The lowest BCUT2D eigenvalue weighted by Crippen LogP contribution is -2.03. The summed E-state index contributed by atoms with van der Waals surface area (Å²) in [6.07, 6.45) is 13.6. The van der Waals surface area contributed by atoms with Gasteiger partial charge in [-0.25, -0.2) is 9.97 Å². The maximum Gasteiger partial charge on any atom is 0.0658 e. The van der Waals surface area contributed by atoms with Gasteiger partial charge >= 0.3 is 0 Å². The van der Waals surface area contributed by atoms with Crippen molar-refractivity contribution in [3.05, 3.63) is 71.3 Å². The lowest BCUT2D eigenvalue weighted by Gasteiger charge is -1.85. The van der Waals surface area contributed by atoms with Crippen LogP contribution in [0.25, 0.3) is 46.4 Å². The number of aromatic amines is 2. The second-order valence-electron chi connectivity index (χ2n) is 8.82. The second kappa shape index (κ2) is 11.1. The van der Waals surface area contributed by atoms with Crippen LogP contribution in [0, 0.1) is 0 Å². The molecular weight excluding hydrogens is 420 g/mol. The standard InChI is InChI=1S/C20H14N4.2C4H9N/c1-2-14-10-16-5-6-18(23-16)12-20-8-7-19(24-20)11-17-4-3-15(22-17)9-13(1)21-14;2*1-2-4-5-3-1/h1-12,21,24H;2*5H,1-4H2. The van der Waals surface area contributed by atoms with Crippen LogP contribution < -0.4 is 10.6 Å². The van der Waals surface area contributed by atoms with Gasteiger partial charge in [-0.3, -0.25) is 0 Å². The smallest absolute Gasteiger partial charge is 0.0658 e. The highest BCUT2D eigenvalue weighted by molar-refractivity contribution is 5.77. The zero-order valence-corrected chi connectivity index (χ0v) is 19.5. The Morgan fingerprint density at radius 1 is 0.441 bits per heavy atom. The molecule has 7 rings (SSSR count). The van der Waals surface area contributed by atoms with Crippen LogP contribution in [-0.2, 0) is 0 Å². The number of nitrogens with zero attached hydrogens (tertiary/aromatic N) is 2. The molecular formula is C28H32N6. The molecule has 7 heterocycles. The largest absolute Gasteiger partial charge is 0.355 e. The lowest BCUT2D eigenvalue weighted by molar-refractivity contribution is 0.857. The fourth-order valence-corrected chi connectivity index (χ4v) is 4.19. The van der Waals surface area contributed by atoms with Crippen molar-refractivity contribution in [2.24, 2.45) is 0 Å². The Hall–Kier alpha value is -3.48. The highest BCUT2D eigenvalue weighted by atomic mass is 14.9. The van der Waals surface area contributed by atoms with Crippen molar-refractivity contribution in [3.8, 4) is 0 Å². The minimum absolute atomic E-state index is 0.939. The topological polar surface area (TPSA) is 81.4 Å². The summed E-state index contributed by atoms with van der Waals surface area (Å²) in [6, 6.07) is 16.4. The molecule has 0 atom stereocenters. The minimum Gasteiger partial charge on any atom is -0.355 e. The van der Waals surface area contributed by atoms with Gasteiger partial charge in [-0.1, -0.05) is 0 Å². The zero-order valence-electron chi connectivity index (χ0n) is 19.5. The molecule has 2 fully saturated rings. The Morgan fingerprint density at radius 2 is 0.735 bits per heavy atom. The van der Waals surface area contributed by atoms with Gasteiger partial charge in [0.2, 0.25) is 0 Å². The molecule has 4 aliphatic heterocycles. The fraction of sp³-hybridized carbons (Fsp3) is 0.286. The van der Waals surface area contributed by atoms with E-state index in [0.717, 1.165) is 44.8 Å². The third-order valence-electron chi connectivity index (χ3n) is 5.96. The van der Waals surface area contributed by atoms with Crippen molar-refractivity contribution in [3.63, 3.8) is 0 Å². The molecule has 0 unspecified atom stereocenters. The third-order valence-corrected chi connectivity index (χ3v) is 5.96. The van der Waals surface area contributed by atoms with Crippen molar-refractivity contribution in [2.75, 3.05) is 26.2 Å². The van der Waals surface area contributed by atoms with Crippen LogP contribution in [0.1, 0.15) is 48.5 Å². The van der Waals surface area contributed by atoms with Gasteiger partial charge < -0.3 is 20.6 Å². The van der Waals surface area contributed by atoms with E-state index in [2.05, 4.69) is 54.8 Å². The number of H-pyrrole nitrogens is 2. The molecule has 6 heteroatoms. The Morgan fingerprint density at radius 3 is 0.971 bits per heavy atom. The predicted molar refractivity (Wildman–Crippen MR) is 143 cm³/mol. The van der Waals surface area contributed by atoms with Crippen LogP contribution in [0.4, 0.5) is 0 Å². The number of nitrogens with one attached hydrogen (secondary N) is 4. The molecule has 0 spiro atoms. The number of fused-ring (bicyclic) bond motifs is 8. The van der Waals surface area contributed by atoms with E-state index in [4.69, 9.17) is 0 Å². The van der Waals surface area contributed by atoms with Crippen LogP contribution in [0.15, 0.2) is 48.5 Å². The molecule has 0 aromatic carbocycles. The number of rotatable bonds is 0. The maximum atomic E-state index is 4.63. The summed E-state index contributed by atoms with van der Waals surface area (Å²) in [4.78, 5) is 16.0. The maximum absolute atomic E-state index is 4.63. The summed E-state index contributed by atoms with van der Waals surface area (Å²) in [5, 5.41) is 6.44. The van der Waals surface area contributed by atoms with Gasteiger partial charge in [-0.15, -0.1) is 0 Å². The van der Waals surface area contributed by atoms with Crippen LogP contribution in [-0.4, -0.2) is 46.1 Å². The summed E-state index contributed by atoms with van der Waals surface area (Å²) >= 11 is 0. The first kappa shape index (κ1) is 22.3. The quantitative estimate of drug-likeness (QED) is 0.254. The van der Waals surface area contributed by atoms with Crippen molar-refractivity contribution in [1.82, 2.24) is 30.6 Å². The SMILES string of the molecule is C1=Cc2cc3ccc(cc4nc(cc5ccc(cc1n2)[nH]5)C=C4)[nH]3.C1CCNC1.C1CCNC1. The molecule has 34 heavy (non-hydrogen) atoms. The average Bonchev–Trinajstić information content (AvgIpc) is 3.65. The lowest BCUT2D eigenvalue weighted by atomic mass is 10.3. The molecule has 174 valence electrons. The molecule has 0 saturated carbocycles. The van der Waals surface area contributed by atoms with Crippen LogP contribution in [0.5, 0.6) is 0 Å². The van der Waals surface area contributed by atoms with Crippen LogP contribution in [0.2, 0.25) is 0 Å². The van der Waals surface area contributed by atoms with Crippen molar-refractivity contribution in [2.45, 2.75) is 25.7 Å². The van der Waals surface area contributed by atoms with Gasteiger partial charge in [-0.2, -0.15) is 0 Å². The Labute approximate surface area is 200 Å². The van der Waals surface area contributed by atoms with E-state index >= 15 is 0 Å². The summed E-state index contributed by atoms with van der Waals surface area (Å²) in [7, 11) is 0. The highest BCUT2D eigenvalue weighted by Gasteiger charge is 2.01. The van der Waals surface area contributed by atoms with E-state index in [9.17, 15) is 0 Å². The molecule has 3 aromatic heterocycles. The molecule has 3 aromatic rings. The van der Waals surface area contributed by atoms with Crippen LogP contribution >= 0.6 is 0 Å². The third kappa shape index (κ3) is 6.31. The summed E-state index contributed by atoms with van der Waals surface area (Å²) in [6.45, 7) is 5.00. The molecule has 4 aliphatic rings. The first-order chi connectivity index (χ1) is 16.8. The van der Waals surface area contributed by atoms with E-state index in [1.54, 1.807) is 0 Å². The minimum atomic E-state index is 0.939. The molecule has 4 N–H and O–H groups in total. The number of hydrogen-bond acceptors (Lipinski definition) is 4. The number of hydrogen-bond donors (Lipinski definition) is 4. The molecule has 2 saturated heterocycles. The van der Waals surface area contributed by atoms with Gasteiger partial charge in [0.1, 0.15) is 0 Å². The normalized spacial score (nSPS) is 16.0. The van der Waals surface area contributed by atoms with Gasteiger partial charge in [-0.05, 0) is 125 Å². The van der Waals surface area contributed by atoms with Gasteiger partial charge in [0, 0.05) is 22.1 Å². The molecule has 0 radical (unpaired) electrons. The fourth-order valence-electron chi connectivity index (χ4n) is 4.19. The van der Waals surface area contributed by atoms with Gasteiger partial charge in [0.15, 0.2) is 0 Å². The predicted octanol–water partition coefficient (Wildman–Crippen LogP) is 5.40. The van der Waals surface area contributed by atoms with Crippen molar-refractivity contribution < 1.29 is 0 Å². The summed E-state index contributed by atoms with van der Waals surface area (Å²) in [5.74, 6) is 0. The Balaban J connectivity index is 0.000000199. The Kier molecular flexibility index (Phi) is 7.28. The van der Waals surface area contributed by atoms with E-state index in [-0.39, 0.29) is 0 Å². The summed E-state index contributed by atoms with van der Waals surface area (Å²) < 4.78 is 0. The van der Waals surface area contributed by atoms with Gasteiger partial charge in [0.25, 0.3) is 0 Å². The van der Waals surface area contributed by atoms with Crippen molar-refractivity contribution in [1.29, 1.82) is 0 Å². The first-order valence-corrected chi connectivity index (χ1v) is 12.3. The second-order valence-corrected chi connectivity index (χ2v) is 8.82. The molecule has 6 nitrogen and oxygen atoms in total. The first-order valence-electron chi connectivity index (χ1n) is 12.3. The molecule has 8 bridgehead atoms.